The summed E-state index contributed by atoms with van der Waals surface area (Å²) < 4.78 is 3.53. The van der Waals surface area contributed by atoms with Gasteiger partial charge in [0, 0.05) is 20.8 Å². The molecule has 0 saturated heterocycles. The van der Waals surface area contributed by atoms with Crippen LogP contribution in [0.3, 0.4) is 0 Å². The smallest absolute Gasteiger partial charge is 0.0541 e. The number of allylic oxidation sites excluding steroid dienone is 2. The Bertz CT molecular complexity index is 2380. The van der Waals surface area contributed by atoms with Gasteiger partial charge < -0.3 is 4.57 Å². The van der Waals surface area contributed by atoms with E-state index in [1.165, 1.54) is 72.0 Å². The zero-order valence-corrected chi connectivity index (χ0v) is 30.1. The molecule has 0 atom stereocenters. The van der Waals surface area contributed by atoms with Crippen molar-refractivity contribution in [3.8, 4) is 50.2 Å². The summed E-state index contributed by atoms with van der Waals surface area (Å²) in [4.78, 5) is 0. The second kappa shape index (κ2) is 16.1. The predicted molar refractivity (Wildman–Crippen MR) is 222 cm³/mol. The van der Waals surface area contributed by atoms with E-state index in [-0.39, 0.29) is 0 Å². The van der Waals surface area contributed by atoms with E-state index in [2.05, 4.69) is 204 Å². The molecular formula is C48H40BrN. The quantitative estimate of drug-likeness (QED) is 0.157. The minimum Gasteiger partial charge on any atom is -0.309 e. The number of hydrogen-bond acceptors (Lipinski definition) is 0. The molecule has 0 radical (unpaired) electrons. The van der Waals surface area contributed by atoms with Gasteiger partial charge in [0.2, 0.25) is 0 Å². The Labute approximate surface area is 304 Å². The summed E-state index contributed by atoms with van der Waals surface area (Å²) in [5, 5.41) is 2.49. The van der Waals surface area contributed by atoms with Crippen LogP contribution in [0.4, 0.5) is 0 Å². The lowest BCUT2D eigenvalue weighted by atomic mass is 9.97. The van der Waals surface area contributed by atoms with Crippen LogP contribution in [-0.4, -0.2) is 4.57 Å². The van der Waals surface area contributed by atoms with Gasteiger partial charge in [-0.3, -0.25) is 0 Å². The first-order valence-electron chi connectivity index (χ1n) is 16.9. The van der Waals surface area contributed by atoms with Crippen LogP contribution in [0.1, 0.15) is 13.8 Å². The third kappa shape index (κ3) is 7.17. The standard InChI is InChI=1S/C42H28BrN.2C3H6/c43-39-20-9-7-18-35(39)34-17-11-16-31(26-34)33-23-25-42-38(28-33)36-19-8-10-21-40(36)44(42)41-24-22-32(29-12-3-1-4-13-29)27-37(41)30-14-5-2-6-15-30;2*1-3-2/h1-28H;2*3H,1H2,2H3. The van der Waals surface area contributed by atoms with E-state index in [4.69, 9.17) is 0 Å². The zero-order chi connectivity index (χ0) is 34.9. The van der Waals surface area contributed by atoms with Crippen molar-refractivity contribution in [2.75, 3.05) is 0 Å². The lowest BCUT2D eigenvalue weighted by Crippen LogP contribution is -1.98. The maximum atomic E-state index is 3.74. The molecule has 0 unspecified atom stereocenters. The Morgan fingerprint density at radius 1 is 0.420 bits per heavy atom. The monoisotopic (exact) mass is 709 g/mol. The first-order valence-corrected chi connectivity index (χ1v) is 17.6. The number of fused-ring (bicyclic) bond motifs is 3. The minimum atomic E-state index is 1.10. The highest BCUT2D eigenvalue weighted by Crippen LogP contribution is 2.40. The van der Waals surface area contributed by atoms with Gasteiger partial charge in [0.1, 0.15) is 0 Å². The van der Waals surface area contributed by atoms with Crippen LogP contribution in [0.2, 0.25) is 0 Å². The highest BCUT2D eigenvalue weighted by molar-refractivity contribution is 9.10. The Morgan fingerprint density at radius 3 is 1.66 bits per heavy atom. The highest BCUT2D eigenvalue weighted by Gasteiger charge is 2.17. The maximum absolute atomic E-state index is 3.74. The van der Waals surface area contributed by atoms with Crippen LogP contribution >= 0.6 is 15.9 Å². The van der Waals surface area contributed by atoms with Crippen LogP contribution in [0.5, 0.6) is 0 Å². The van der Waals surface area contributed by atoms with Crippen LogP contribution in [0, 0.1) is 0 Å². The fourth-order valence-electron chi connectivity index (χ4n) is 6.36. The van der Waals surface area contributed by atoms with E-state index in [1.54, 1.807) is 12.2 Å². The van der Waals surface area contributed by atoms with Crippen LogP contribution in [-0.2, 0) is 0 Å². The molecule has 0 amide bonds. The summed E-state index contributed by atoms with van der Waals surface area (Å²) in [6, 6.07) is 61.1. The summed E-state index contributed by atoms with van der Waals surface area (Å²) in [6.07, 6.45) is 3.50. The van der Waals surface area contributed by atoms with Gasteiger partial charge in [0.25, 0.3) is 0 Å². The molecule has 2 heteroatoms. The number of halogens is 1. The molecule has 0 N–H and O–H groups in total. The van der Waals surface area contributed by atoms with Gasteiger partial charge in [-0.25, -0.2) is 0 Å². The van der Waals surface area contributed by atoms with E-state index < -0.39 is 0 Å². The first kappa shape index (κ1) is 34.2. The van der Waals surface area contributed by atoms with Gasteiger partial charge in [-0.2, -0.15) is 0 Å². The summed E-state index contributed by atoms with van der Waals surface area (Å²) in [5.41, 5.74) is 13.2. The Kier molecular flexibility index (Phi) is 11.0. The van der Waals surface area contributed by atoms with Crippen molar-refractivity contribution in [3.05, 3.63) is 200 Å². The van der Waals surface area contributed by atoms with Gasteiger partial charge in [-0.05, 0) is 95.3 Å². The third-order valence-corrected chi connectivity index (χ3v) is 9.17. The summed E-state index contributed by atoms with van der Waals surface area (Å²) in [6.45, 7) is 10.5. The molecule has 1 heterocycles. The topological polar surface area (TPSA) is 4.93 Å². The largest absolute Gasteiger partial charge is 0.309 e. The molecule has 8 rings (SSSR count). The summed E-state index contributed by atoms with van der Waals surface area (Å²) in [5.74, 6) is 0. The number of nitrogens with zero attached hydrogens (tertiary/aromatic N) is 1. The molecule has 0 bridgehead atoms. The predicted octanol–water partition coefficient (Wildman–Crippen LogP) is 14.6. The third-order valence-electron chi connectivity index (χ3n) is 8.48. The lowest BCUT2D eigenvalue weighted by molar-refractivity contribution is 1.18. The van der Waals surface area contributed by atoms with Crippen molar-refractivity contribution in [1.82, 2.24) is 4.57 Å². The molecule has 50 heavy (non-hydrogen) atoms. The minimum absolute atomic E-state index is 1.10. The van der Waals surface area contributed by atoms with Crippen molar-refractivity contribution in [2.24, 2.45) is 0 Å². The van der Waals surface area contributed by atoms with Crippen LogP contribution in [0.15, 0.2) is 200 Å². The van der Waals surface area contributed by atoms with Crippen molar-refractivity contribution in [1.29, 1.82) is 0 Å². The number of rotatable bonds is 5. The molecule has 244 valence electrons. The molecule has 1 aromatic heterocycles. The molecule has 7 aromatic carbocycles. The van der Waals surface area contributed by atoms with Crippen molar-refractivity contribution >= 4 is 37.7 Å². The average Bonchev–Trinajstić information content (AvgIpc) is 3.50. The van der Waals surface area contributed by atoms with Crippen molar-refractivity contribution in [3.63, 3.8) is 0 Å². The Morgan fingerprint density at radius 2 is 0.940 bits per heavy atom. The number of aromatic nitrogens is 1. The number of para-hydroxylation sites is 1. The van der Waals surface area contributed by atoms with Crippen molar-refractivity contribution in [2.45, 2.75) is 13.8 Å². The first-order chi connectivity index (χ1) is 24.6. The van der Waals surface area contributed by atoms with E-state index in [0.29, 0.717) is 0 Å². The maximum Gasteiger partial charge on any atom is 0.0541 e. The van der Waals surface area contributed by atoms with Gasteiger partial charge in [0.15, 0.2) is 0 Å². The van der Waals surface area contributed by atoms with E-state index >= 15 is 0 Å². The molecule has 0 spiro atoms. The number of benzene rings is 7. The lowest BCUT2D eigenvalue weighted by Gasteiger charge is -2.16. The average molecular weight is 711 g/mol. The van der Waals surface area contributed by atoms with Gasteiger partial charge in [-0.1, -0.05) is 155 Å². The van der Waals surface area contributed by atoms with E-state index in [9.17, 15) is 0 Å². The number of hydrogen-bond donors (Lipinski definition) is 0. The molecule has 0 aliphatic carbocycles. The fraction of sp³-hybridized carbons (Fsp3) is 0.0417. The molecule has 0 aliphatic rings. The van der Waals surface area contributed by atoms with Gasteiger partial charge >= 0.3 is 0 Å². The summed E-state index contributed by atoms with van der Waals surface area (Å²) in [7, 11) is 0. The normalized spacial score (nSPS) is 10.5. The molecule has 1 nitrogen and oxygen atoms in total. The second-order valence-electron chi connectivity index (χ2n) is 11.9. The molecular weight excluding hydrogens is 670 g/mol. The van der Waals surface area contributed by atoms with Crippen molar-refractivity contribution < 1.29 is 0 Å². The molecule has 0 saturated carbocycles. The zero-order valence-electron chi connectivity index (χ0n) is 28.6. The SMILES string of the molecule is Brc1ccccc1-c1cccc(-c2ccc3c(c2)c2ccccc2n3-c2ccc(-c3ccccc3)cc2-c2ccccc2)c1.C=CC.C=CC. The second-order valence-corrected chi connectivity index (χ2v) is 12.8. The van der Waals surface area contributed by atoms with E-state index in [1.807, 2.05) is 13.8 Å². The Hall–Kier alpha value is -5.70. The highest BCUT2D eigenvalue weighted by atomic mass is 79.9. The van der Waals surface area contributed by atoms with Crippen LogP contribution < -0.4 is 0 Å². The van der Waals surface area contributed by atoms with Crippen LogP contribution in [0.25, 0.3) is 72.0 Å². The molecule has 8 aromatic rings. The van der Waals surface area contributed by atoms with E-state index in [0.717, 1.165) is 4.47 Å². The Balaban J connectivity index is 0.000000675. The van der Waals surface area contributed by atoms with Gasteiger partial charge in [-0.15, -0.1) is 13.2 Å². The fourth-order valence-corrected chi connectivity index (χ4v) is 6.88. The molecule has 0 aliphatic heterocycles. The van der Waals surface area contributed by atoms with Gasteiger partial charge in [0.05, 0.1) is 16.7 Å². The molecule has 0 fully saturated rings. The summed E-state index contributed by atoms with van der Waals surface area (Å²) >= 11 is 3.74.